The summed E-state index contributed by atoms with van der Waals surface area (Å²) in [4.78, 5) is 11.1. The van der Waals surface area contributed by atoms with E-state index >= 15 is 0 Å². The number of carboxylic acids is 1. The van der Waals surface area contributed by atoms with Crippen LogP contribution in [0.2, 0.25) is 5.02 Å². The highest BCUT2D eigenvalue weighted by Crippen LogP contribution is 2.26. The first-order chi connectivity index (χ1) is 8.47. The van der Waals surface area contributed by atoms with Crippen molar-refractivity contribution in [2.24, 2.45) is 0 Å². The standard InChI is InChI=1S/C15H13ClO2/c1-9-5-10(2)7-12(6-9)11-3-4-14(16)13(8-11)15(17)18/h3-8H,1-2H3,(H,17,18). The van der Waals surface area contributed by atoms with Crippen molar-refractivity contribution in [1.82, 2.24) is 0 Å². The fourth-order valence-electron chi connectivity index (χ4n) is 2.01. The van der Waals surface area contributed by atoms with Crippen molar-refractivity contribution in [1.29, 1.82) is 0 Å². The van der Waals surface area contributed by atoms with E-state index in [1.807, 2.05) is 32.0 Å². The smallest absolute Gasteiger partial charge is 0.337 e. The van der Waals surface area contributed by atoms with Crippen molar-refractivity contribution in [3.05, 3.63) is 58.1 Å². The average Bonchev–Trinajstić information content (AvgIpc) is 2.27. The minimum absolute atomic E-state index is 0.133. The van der Waals surface area contributed by atoms with Crippen LogP contribution in [-0.4, -0.2) is 11.1 Å². The van der Waals surface area contributed by atoms with Crippen molar-refractivity contribution in [2.75, 3.05) is 0 Å². The average molecular weight is 261 g/mol. The van der Waals surface area contributed by atoms with Crippen LogP contribution in [0, 0.1) is 13.8 Å². The van der Waals surface area contributed by atoms with Gasteiger partial charge in [0.15, 0.2) is 0 Å². The zero-order valence-corrected chi connectivity index (χ0v) is 11.0. The second-order valence-electron chi connectivity index (χ2n) is 4.38. The van der Waals surface area contributed by atoms with Gasteiger partial charge in [0.05, 0.1) is 10.6 Å². The first-order valence-corrected chi connectivity index (χ1v) is 5.96. The second kappa shape index (κ2) is 4.83. The summed E-state index contributed by atoms with van der Waals surface area (Å²) in [6, 6.07) is 11.2. The summed E-state index contributed by atoms with van der Waals surface area (Å²) in [5.74, 6) is -1.01. The quantitative estimate of drug-likeness (QED) is 0.873. The molecule has 0 aliphatic heterocycles. The molecular formula is C15H13ClO2. The zero-order chi connectivity index (χ0) is 13.3. The number of carboxylic acid groups (broad SMARTS) is 1. The maximum atomic E-state index is 11.1. The van der Waals surface area contributed by atoms with E-state index in [1.54, 1.807) is 12.1 Å². The monoisotopic (exact) mass is 260 g/mol. The Balaban J connectivity index is 2.57. The summed E-state index contributed by atoms with van der Waals surface area (Å²) in [5.41, 5.74) is 4.30. The lowest BCUT2D eigenvalue weighted by Gasteiger charge is -2.07. The Labute approximate surface area is 111 Å². The molecular weight excluding hydrogens is 248 g/mol. The molecule has 0 saturated carbocycles. The van der Waals surface area contributed by atoms with Crippen LogP contribution >= 0.6 is 11.6 Å². The molecule has 0 saturated heterocycles. The Morgan fingerprint density at radius 1 is 1.00 bits per heavy atom. The lowest BCUT2D eigenvalue weighted by molar-refractivity contribution is 0.0697. The predicted molar refractivity (Wildman–Crippen MR) is 73.3 cm³/mol. The summed E-state index contributed by atoms with van der Waals surface area (Å²) in [6.07, 6.45) is 0. The zero-order valence-electron chi connectivity index (χ0n) is 10.2. The molecule has 0 atom stereocenters. The van der Waals surface area contributed by atoms with Gasteiger partial charge in [-0.1, -0.05) is 47.0 Å². The summed E-state index contributed by atoms with van der Waals surface area (Å²) in [5, 5.41) is 9.32. The van der Waals surface area contributed by atoms with Crippen molar-refractivity contribution >= 4 is 17.6 Å². The van der Waals surface area contributed by atoms with Gasteiger partial charge < -0.3 is 5.11 Å². The molecule has 0 aromatic heterocycles. The normalized spacial score (nSPS) is 10.4. The van der Waals surface area contributed by atoms with Crippen LogP contribution in [0.4, 0.5) is 0 Å². The molecule has 0 bridgehead atoms. The van der Waals surface area contributed by atoms with Crippen LogP contribution in [0.1, 0.15) is 21.5 Å². The number of hydrogen-bond donors (Lipinski definition) is 1. The number of carbonyl (C=O) groups is 1. The summed E-state index contributed by atoms with van der Waals surface area (Å²) in [7, 11) is 0. The largest absolute Gasteiger partial charge is 0.478 e. The van der Waals surface area contributed by atoms with Crippen molar-refractivity contribution in [3.63, 3.8) is 0 Å². The molecule has 0 amide bonds. The number of hydrogen-bond acceptors (Lipinski definition) is 1. The van der Waals surface area contributed by atoms with Crippen LogP contribution in [0.25, 0.3) is 11.1 Å². The molecule has 0 unspecified atom stereocenters. The number of aryl methyl sites for hydroxylation is 2. The molecule has 1 N–H and O–H groups in total. The van der Waals surface area contributed by atoms with Crippen LogP contribution in [0.5, 0.6) is 0 Å². The molecule has 2 rings (SSSR count). The van der Waals surface area contributed by atoms with Crippen molar-refractivity contribution in [2.45, 2.75) is 13.8 Å². The van der Waals surface area contributed by atoms with Gasteiger partial charge in [-0.3, -0.25) is 0 Å². The van der Waals surface area contributed by atoms with E-state index in [4.69, 9.17) is 16.7 Å². The van der Waals surface area contributed by atoms with Gasteiger partial charge in [0.2, 0.25) is 0 Å². The van der Waals surface area contributed by atoms with Crippen LogP contribution in [0.3, 0.4) is 0 Å². The van der Waals surface area contributed by atoms with E-state index in [0.717, 1.165) is 22.3 Å². The minimum Gasteiger partial charge on any atom is -0.478 e. The Bertz CT molecular complexity index is 598. The molecule has 0 spiro atoms. The van der Waals surface area contributed by atoms with E-state index < -0.39 is 5.97 Å². The SMILES string of the molecule is Cc1cc(C)cc(-c2ccc(Cl)c(C(=O)O)c2)c1. The summed E-state index contributed by atoms with van der Waals surface area (Å²) >= 11 is 5.86. The minimum atomic E-state index is -1.01. The number of rotatable bonds is 2. The highest BCUT2D eigenvalue weighted by atomic mass is 35.5. The van der Waals surface area contributed by atoms with Gasteiger partial charge >= 0.3 is 5.97 Å². The van der Waals surface area contributed by atoms with Crippen molar-refractivity contribution in [3.8, 4) is 11.1 Å². The third-order valence-corrected chi connectivity index (χ3v) is 3.08. The van der Waals surface area contributed by atoms with E-state index in [9.17, 15) is 4.79 Å². The maximum Gasteiger partial charge on any atom is 0.337 e. The maximum absolute atomic E-state index is 11.1. The molecule has 0 aliphatic rings. The lowest BCUT2D eigenvalue weighted by Crippen LogP contribution is -1.97. The predicted octanol–water partition coefficient (Wildman–Crippen LogP) is 4.32. The van der Waals surface area contributed by atoms with E-state index in [-0.39, 0.29) is 10.6 Å². The molecule has 0 heterocycles. The second-order valence-corrected chi connectivity index (χ2v) is 4.78. The fraction of sp³-hybridized carbons (Fsp3) is 0.133. The topological polar surface area (TPSA) is 37.3 Å². The van der Waals surface area contributed by atoms with E-state index in [0.29, 0.717) is 0 Å². The molecule has 0 fully saturated rings. The summed E-state index contributed by atoms with van der Waals surface area (Å²) < 4.78 is 0. The van der Waals surface area contributed by atoms with Crippen LogP contribution in [-0.2, 0) is 0 Å². The first kappa shape index (κ1) is 12.7. The molecule has 0 aliphatic carbocycles. The van der Waals surface area contributed by atoms with Crippen LogP contribution in [0.15, 0.2) is 36.4 Å². The highest BCUT2D eigenvalue weighted by molar-refractivity contribution is 6.33. The van der Waals surface area contributed by atoms with Gasteiger partial charge in [0, 0.05) is 0 Å². The van der Waals surface area contributed by atoms with Gasteiger partial charge in [-0.25, -0.2) is 4.79 Å². The van der Waals surface area contributed by atoms with E-state index in [1.165, 1.54) is 0 Å². The van der Waals surface area contributed by atoms with E-state index in [2.05, 4.69) is 6.07 Å². The molecule has 2 aromatic carbocycles. The Morgan fingerprint density at radius 3 is 2.17 bits per heavy atom. The number of halogens is 1. The fourth-order valence-corrected chi connectivity index (χ4v) is 2.21. The van der Waals surface area contributed by atoms with Gasteiger partial charge in [0.1, 0.15) is 0 Å². The third-order valence-electron chi connectivity index (χ3n) is 2.75. The van der Waals surface area contributed by atoms with Gasteiger partial charge in [-0.15, -0.1) is 0 Å². The van der Waals surface area contributed by atoms with Gasteiger partial charge in [-0.05, 0) is 37.1 Å². The molecule has 92 valence electrons. The highest BCUT2D eigenvalue weighted by Gasteiger charge is 2.10. The molecule has 2 nitrogen and oxygen atoms in total. The molecule has 2 aromatic rings. The lowest BCUT2D eigenvalue weighted by atomic mass is 9.99. The number of aromatic carboxylic acids is 1. The first-order valence-electron chi connectivity index (χ1n) is 5.59. The molecule has 3 heteroatoms. The van der Waals surface area contributed by atoms with Gasteiger partial charge in [0.25, 0.3) is 0 Å². The van der Waals surface area contributed by atoms with Crippen molar-refractivity contribution < 1.29 is 9.90 Å². The number of benzene rings is 2. The Hall–Kier alpha value is -1.80. The van der Waals surface area contributed by atoms with Crippen LogP contribution < -0.4 is 0 Å². The van der Waals surface area contributed by atoms with Gasteiger partial charge in [-0.2, -0.15) is 0 Å². The Kier molecular flexibility index (Phi) is 3.39. The summed E-state index contributed by atoms with van der Waals surface area (Å²) in [6.45, 7) is 4.04. The molecule has 18 heavy (non-hydrogen) atoms. The Morgan fingerprint density at radius 2 is 1.61 bits per heavy atom. The third kappa shape index (κ3) is 2.54. The molecule has 0 radical (unpaired) electrons.